The van der Waals surface area contributed by atoms with E-state index in [1.807, 2.05) is 26.0 Å². The van der Waals surface area contributed by atoms with Gasteiger partial charge in [-0.3, -0.25) is 4.79 Å². The van der Waals surface area contributed by atoms with E-state index in [1.54, 1.807) is 0 Å². The highest BCUT2D eigenvalue weighted by molar-refractivity contribution is 5.96. The molecular weight excluding hydrogens is 210 g/mol. The highest BCUT2D eigenvalue weighted by Gasteiger charge is 2.08. The van der Waals surface area contributed by atoms with E-state index in [1.165, 1.54) is 0 Å². The lowest BCUT2D eigenvalue weighted by Gasteiger charge is -2.14. The molecule has 0 heterocycles. The first kappa shape index (κ1) is 13.9. The molecular formula is C15H23NO. The van der Waals surface area contributed by atoms with Gasteiger partial charge in [-0.15, -0.1) is 0 Å². The second-order valence-electron chi connectivity index (χ2n) is 4.85. The molecule has 0 atom stereocenters. The number of hydrogen-bond acceptors (Lipinski definition) is 2. The van der Waals surface area contributed by atoms with Crippen LogP contribution in [0.2, 0.25) is 0 Å². The highest BCUT2D eigenvalue weighted by atomic mass is 16.1. The molecule has 2 nitrogen and oxygen atoms in total. The fourth-order valence-electron chi connectivity index (χ4n) is 2.07. The summed E-state index contributed by atoms with van der Waals surface area (Å²) in [6.45, 7) is 8.13. The fraction of sp³-hybridized carbons (Fsp3) is 0.533. The minimum Gasteiger partial charge on any atom is -0.306 e. The summed E-state index contributed by atoms with van der Waals surface area (Å²) >= 11 is 0. The Balaban J connectivity index is 2.58. The van der Waals surface area contributed by atoms with Crippen LogP contribution in [0, 0.1) is 13.8 Å². The number of hydrogen-bond donors (Lipinski definition) is 0. The fourth-order valence-corrected chi connectivity index (χ4v) is 2.07. The van der Waals surface area contributed by atoms with Gasteiger partial charge in [0, 0.05) is 18.5 Å². The van der Waals surface area contributed by atoms with E-state index in [0.717, 1.165) is 36.2 Å². The first-order valence-corrected chi connectivity index (χ1v) is 6.33. The smallest absolute Gasteiger partial charge is 0.164 e. The maximum atomic E-state index is 12.0. The normalized spacial score (nSPS) is 10.9. The van der Waals surface area contributed by atoms with Crippen LogP contribution in [0.25, 0.3) is 0 Å². The largest absolute Gasteiger partial charge is 0.306 e. The molecule has 0 saturated carbocycles. The quantitative estimate of drug-likeness (QED) is 0.703. The molecule has 0 spiro atoms. The molecule has 1 aromatic carbocycles. The maximum Gasteiger partial charge on any atom is 0.164 e. The Bertz CT molecular complexity index is 364. The van der Waals surface area contributed by atoms with Gasteiger partial charge in [0.05, 0.1) is 0 Å². The van der Waals surface area contributed by atoms with Crippen molar-refractivity contribution in [2.45, 2.75) is 33.6 Å². The van der Waals surface area contributed by atoms with Gasteiger partial charge in [-0.1, -0.05) is 24.1 Å². The van der Waals surface area contributed by atoms with Crippen molar-refractivity contribution in [1.82, 2.24) is 4.90 Å². The number of benzene rings is 1. The van der Waals surface area contributed by atoms with E-state index in [2.05, 4.69) is 24.9 Å². The summed E-state index contributed by atoms with van der Waals surface area (Å²) in [5.74, 6) is 0.250. The van der Waals surface area contributed by atoms with Gasteiger partial charge in [0.2, 0.25) is 0 Å². The third kappa shape index (κ3) is 4.70. The highest BCUT2D eigenvalue weighted by Crippen LogP contribution is 2.11. The average Bonchev–Trinajstić information content (AvgIpc) is 2.25. The van der Waals surface area contributed by atoms with Crippen molar-refractivity contribution < 1.29 is 4.79 Å². The second kappa shape index (κ2) is 6.55. The van der Waals surface area contributed by atoms with Gasteiger partial charge in [0.15, 0.2) is 5.78 Å². The zero-order chi connectivity index (χ0) is 12.8. The molecule has 0 amide bonds. The van der Waals surface area contributed by atoms with Gasteiger partial charge in [0.1, 0.15) is 0 Å². The molecule has 0 saturated heterocycles. The van der Waals surface area contributed by atoms with Crippen LogP contribution in [0.15, 0.2) is 18.2 Å². The van der Waals surface area contributed by atoms with Crippen LogP contribution in [0.1, 0.15) is 41.3 Å². The molecule has 1 aromatic rings. The first-order valence-electron chi connectivity index (χ1n) is 6.33. The lowest BCUT2D eigenvalue weighted by Crippen LogP contribution is -2.22. The molecule has 0 radical (unpaired) electrons. The van der Waals surface area contributed by atoms with E-state index in [0.29, 0.717) is 6.42 Å². The summed E-state index contributed by atoms with van der Waals surface area (Å²) in [5, 5.41) is 0. The standard InChI is InChI=1S/C15H23NO/c1-5-7-16(4)8-6-15(17)14-10-12(2)9-13(3)11-14/h9-11H,5-8H2,1-4H3. The van der Waals surface area contributed by atoms with Crippen LogP contribution in [0.3, 0.4) is 0 Å². The van der Waals surface area contributed by atoms with Crippen molar-refractivity contribution in [3.63, 3.8) is 0 Å². The topological polar surface area (TPSA) is 20.3 Å². The average molecular weight is 233 g/mol. The molecule has 0 aliphatic heterocycles. The van der Waals surface area contributed by atoms with Crippen LogP contribution in [-0.2, 0) is 0 Å². The van der Waals surface area contributed by atoms with Gasteiger partial charge < -0.3 is 4.90 Å². The Kier molecular flexibility index (Phi) is 5.36. The number of nitrogens with zero attached hydrogens (tertiary/aromatic N) is 1. The van der Waals surface area contributed by atoms with Gasteiger partial charge in [-0.05, 0) is 46.0 Å². The summed E-state index contributed by atoms with van der Waals surface area (Å²) in [6, 6.07) is 6.06. The third-order valence-electron chi connectivity index (χ3n) is 2.87. The van der Waals surface area contributed by atoms with E-state index in [-0.39, 0.29) is 5.78 Å². The predicted molar refractivity (Wildman–Crippen MR) is 72.7 cm³/mol. The molecule has 0 aromatic heterocycles. The summed E-state index contributed by atoms with van der Waals surface area (Å²) < 4.78 is 0. The minimum absolute atomic E-state index is 0.250. The van der Waals surface area contributed by atoms with Crippen LogP contribution >= 0.6 is 0 Å². The van der Waals surface area contributed by atoms with Crippen molar-refractivity contribution >= 4 is 5.78 Å². The number of carbonyl (C=O) groups excluding carboxylic acids is 1. The van der Waals surface area contributed by atoms with E-state index in [4.69, 9.17) is 0 Å². The molecule has 1 rings (SSSR count). The number of rotatable bonds is 6. The second-order valence-corrected chi connectivity index (χ2v) is 4.85. The lowest BCUT2D eigenvalue weighted by molar-refractivity contribution is 0.0969. The number of aryl methyl sites for hydroxylation is 2. The van der Waals surface area contributed by atoms with Crippen LogP contribution in [-0.4, -0.2) is 30.8 Å². The zero-order valence-electron chi connectivity index (χ0n) is 11.4. The Labute approximate surface area is 105 Å². The van der Waals surface area contributed by atoms with Crippen LogP contribution in [0.5, 0.6) is 0 Å². The van der Waals surface area contributed by atoms with Gasteiger partial charge in [-0.25, -0.2) is 0 Å². The van der Waals surface area contributed by atoms with Crippen LogP contribution in [0.4, 0.5) is 0 Å². The summed E-state index contributed by atoms with van der Waals surface area (Å²) in [4.78, 5) is 14.2. The monoisotopic (exact) mass is 233 g/mol. The van der Waals surface area contributed by atoms with E-state index >= 15 is 0 Å². The van der Waals surface area contributed by atoms with Crippen molar-refractivity contribution in [1.29, 1.82) is 0 Å². The molecule has 0 fully saturated rings. The molecule has 2 heteroatoms. The van der Waals surface area contributed by atoms with Crippen molar-refractivity contribution in [2.75, 3.05) is 20.1 Å². The van der Waals surface area contributed by atoms with Crippen molar-refractivity contribution in [3.8, 4) is 0 Å². The Morgan fingerprint density at radius 2 is 1.71 bits per heavy atom. The summed E-state index contributed by atoms with van der Waals surface area (Å²) in [5.41, 5.74) is 3.18. The van der Waals surface area contributed by atoms with Crippen molar-refractivity contribution in [2.24, 2.45) is 0 Å². The third-order valence-corrected chi connectivity index (χ3v) is 2.87. The Morgan fingerprint density at radius 1 is 1.12 bits per heavy atom. The lowest BCUT2D eigenvalue weighted by atomic mass is 10.0. The first-order chi connectivity index (χ1) is 8.02. The molecule has 0 unspecified atom stereocenters. The number of Topliss-reactive ketones (excluding diaryl/α,β-unsaturated/α-hetero) is 1. The Morgan fingerprint density at radius 3 is 2.24 bits per heavy atom. The number of ketones is 1. The summed E-state index contributed by atoms with van der Waals surface area (Å²) in [6.07, 6.45) is 1.74. The Hall–Kier alpha value is -1.15. The molecule has 0 aliphatic rings. The van der Waals surface area contributed by atoms with Gasteiger partial charge >= 0.3 is 0 Å². The minimum atomic E-state index is 0.250. The predicted octanol–water partition coefficient (Wildman–Crippen LogP) is 3.22. The van der Waals surface area contributed by atoms with E-state index < -0.39 is 0 Å². The van der Waals surface area contributed by atoms with Gasteiger partial charge in [-0.2, -0.15) is 0 Å². The molecule has 94 valence electrons. The molecule has 0 aliphatic carbocycles. The SMILES string of the molecule is CCCN(C)CCC(=O)c1cc(C)cc(C)c1. The van der Waals surface area contributed by atoms with Gasteiger partial charge in [0.25, 0.3) is 0 Å². The van der Waals surface area contributed by atoms with Crippen molar-refractivity contribution in [3.05, 3.63) is 34.9 Å². The summed E-state index contributed by atoms with van der Waals surface area (Å²) in [7, 11) is 2.07. The van der Waals surface area contributed by atoms with E-state index in [9.17, 15) is 4.79 Å². The molecule has 17 heavy (non-hydrogen) atoms. The maximum absolute atomic E-state index is 12.0. The molecule has 0 N–H and O–H groups in total. The van der Waals surface area contributed by atoms with Crippen LogP contribution < -0.4 is 0 Å². The molecule has 0 bridgehead atoms. The number of carbonyl (C=O) groups is 1. The zero-order valence-corrected chi connectivity index (χ0v) is 11.4.